The van der Waals surface area contributed by atoms with E-state index in [2.05, 4.69) is 10.1 Å². The molecule has 2 aromatic carbocycles. The topological polar surface area (TPSA) is 67.9 Å². The summed E-state index contributed by atoms with van der Waals surface area (Å²) in [5.41, 5.74) is 0.785. The fraction of sp³-hybridized carbons (Fsp3) is 0.176. The first-order valence-electron chi connectivity index (χ1n) is 7.50. The van der Waals surface area contributed by atoms with E-state index in [-0.39, 0.29) is 24.8 Å². The van der Waals surface area contributed by atoms with Crippen molar-refractivity contribution in [3.63, 3.8) is 0 Å². The number of rotatable bonds is 5. The molecular weight excluding hydrogens is 370 g/mol. The molecule has 0 saturated heterocycles. The Hall–Kier alpha value is -2.87. The van der Waals surface area contributed by atoms with Crippen molar-refractivity contribution in [3.05, 3.63) is 47.5 Å². The monoisotopic (exact) mass is 382 g/mol. The second-order valence-electron chi connectivity index (χ2n) is 5.33. The molecule has 0 bridgehead atoms. The van der Waals surface area contributed by atoms with Crippen LogP contribution in [0.1, 0.15) is 0 Å². The highest BCUT2D eigenvalue weighted by atomic mass is 35.5. The van der Waals surface area contributed by atoms with E-state index in [9.17, 15) is 18.4 Å². The number of ether oxygens (including phenoxy) is 2. The van der Waals surface area contributed by atoms with E-state index in [4.69, 9.17) is 16.3 Å². The minimum Gasteiger partial charge on any atom is -0.482 e. The minimum absolute atomic E-state index is 0.0232. The molecule has 1 aliphatic heterocycles. The van der Waals surface area contributed by atoms with Crippen molar-refractivity contribution < 1.29 is 27.8 Å². The smallest absolute Gasteiger partial charge is 0.387 e. The van der Waals surface area contributed by atoms with Gasteiger partial charge in [-0.15, -0.1) is 0 Å². The molecule has 1 N–H and O–H groups in total. The molecule has 6 nitrogen and oxygen atoms in total. The third kappa shape index (κ3) is 4.20. The van der Waals surface area contributed by atoms with Crippen LogP contribution >= 0.6 is 11.6 Å². The van der Waals surface area contributed by atoms with Crippen LogP contribution in [-0.4, -0.2) is 31.6 Å². The van der Waals surface area contributed by atoms with E-state index in [1.807, 2.05) is 0 Å². The van der Waals surface area contributed by atoms with Gasteiger partial charge in [0.1, 0.15) is 18.0 Å². The maximum Gasteiger partial charge on any atom is 0.387 e. The van der Waals surface area contributed by atoms with Gasteiger partial charge >= 0.3 is 6.61 Å². The molecule has 0 radical (unpaired) electrons. The molecule has 9 heteroatoms. The van der Waals surface area contributed by atoms with Crippen molar-refractivity contribution in [3.8, 4) is 11.5 Å². The molecule has 1 heterocycles. The highest BCUT2D eigenvalue weighted by molar-refractivity contribution is 6.31. The summed E-state index contributed by atoms with van der Waals surface area (Å²) in [6, 6.07) is 10.2. The Bertz CT molecular complexity index is 830. The van der Waals surface area contributed by atoms with Crippen LogP contribution in [0.5, 0.6) is 11.5 Å². The molecular formula is C17H13ClF2N2O4. The minimum atomic E-state index is -2.92. The predicted molar refractivity (Wildman–Crippen MR) is 91.0 cm³/mol. The van der Waals surface area contributed by atoms with Gasteiger partial charge in [0, 0.05) is 10.7 Å². The molecule has 3 rings (SSSR count). The molecule has 0 aromatic heterocycles. The predicted octanol–water partition coefficient (Wildman–Crippen LogP) is 3.31. The Kier molecular flexibility index (Phi) is 5.22. The summed E-state index contributed by atoms with van der Waals surface area (Å²) in [7, 11) is 0. The van der Waals surface area contributed by atoms with Crippen molar-refractivity contribution >= 4 is 34.8 Å². The lowest BCUT2D eigenvalue weighted by Gasteiger charge is -2.29. The molecule has 2 amide bonds. The Morgan fingerprint density at radius 3 is 2.69 bits per heavy atom. The molecule has 0 saturated carbocycles. The summed E-state index contributed by atoms with van der Waals surface area (Å²) < 4.78 is 33.8. The molecule has 1 aliphatic rings. The third-order valence-electron chi connectivity index (χ3n) is 3.53. The molecule has 136 valence electrons. The van der Waals surface area contributed by atoms with Gasteiger partial charge in [0.2, 0.25) is 5.91 Å². The van der Waals surface area contributed by atoms with Crippen LogP contribution in [0, 0.1) is 0 Å². The van der Waals surface area contributed by atoms with Crippen molar-refractivity contribution in [2.24, 2.45) is 0 Å². The van der Waals surface area contributed by atoms with Gasteiger partial charge in [0.05, 0.1) is 5.69 Å². The quantitative estimate of drug-likeness (QED) is 0.861. The first-order chi connectivity index (χ1) is 12.4. The van der Waals surface area contributed by atoms with Gasteiger partial charge in [-0.1, -0.05) is 11.6 Å². The van der Waals surface area contributed by atoms with Crippen LogP contribution in [0.4, 0.5) is 20.2 Å². The average Bonchev–Trinajstić information content (AvgIpc) is 2.59. The van der Waals surface area contributed by atoms with E-state index >= 15 is 0 Å². The lowest BCUT2D eigenvalue weighted by molar-refractivity contribution is -0.123. The van der Waals surface area contributed by atoms with Gasteiger partial charge in [-0.2, -0.15) is 8.78 Å². The number of hydrogen-bond acceptors (Lipinski definition) is 4. The standard InChI is InChI=1S/C17H13ClF2N2O4/c18-10-1-6-14-13(7-10)22(16(24)9-25-14)8-15(23)21-11-2-4-12(5-3-11)26-17(19)20/h1-7,17H,8-9H2,(H,21,23). The summed E-state index contributed by atoms with van der Waals surface area (Å²) in [4.78, 5) is 25.6. The number of carbonyl (C=O) groups excluding carboxylic acids is 2. The van der Waals surface area contributed by atoms with Crippen molar-refractivity contribution in [2.45, 2.75) is 6.61 Å². The average molecular weight is 383 g/mol. The number of alkyl halides is 2. The molecule has 2 aromatic rings. The number of nitrogens with one attached hydrogen (secondary N) is 1. The number of amides is 2. The van der Waals surface area contributed by atoms with Gasteiger partial charge < -0.3 is 14.8 Å². The number of anilines is 2. The zero-order chi connectivity index (χ0) is 18.7. The summed E-state index contributed by atoms with van der Waals surface area (Å²) >= 11 is 5.95. The van der Waals surface area contributed by atoms with E-state index in [0.29, 0.717) is 22.1 Å². The van der Waals surface area contributed by atoms with E-state index < -0.39 is 12.5 Å². The van der Waals surface area contributed by atoms with E-state index in [0.717, 1.165) is 0 Å². The summed E-state index contributed by atoms with van der Waals surface area (Å²) in [5.74, 6) is -0.412. The number of fused-ring (bicyclic) bond motifs is 1. The highest BCUT2D eigenvalue weighted by Gasteiger charge is 2.27. The zero-order valence-corrected chi connectivity index (χ0v) is 14.0. The maximum absolute atomic E-state index is 12.3. The zero-order valence-electron chi connectivity index (χ0n) is 13.2. The second kappa shape index (κ2) is 7.57. The van der Waals surface area contributed by atoms with Gasteiger partial charge in [0.15, 0.2) is 6.61 Å². The van der Waals surface area contributed by atoms with Crippen LogP contribution in [0.15, 0.2) is 42.5 Å². The van der Waals surface area contributed by atoms with Gasteiger partial charge in [-0.3, -0.25) is 14.5 Å². The van der Waals surface area contributed by atoms with Gasteiger partial charge in [0.25, 0.3) is 5.91 Å². The lowest BCUT2D eigenvalue weighted by atomic mass is 10.2. The molecule has 0 unspecified atom stereocenters. The number of carbonyl (C=O) groups is 2. The molecule has 0 spiro atoms. The van der Waals surface area contributed by atoms with E-state index in [1.54, 1.807) is 12.1 Å². The third-order valence-corrected chi connectivity index (χ3v) is 3.76. The number of hydrogen-bond donors (Lipinski definition) is 1. The van der Waals surface area contributed by atoms with Gasteiger partial charge in [-0.05, 0) is 42.5 Å². The number of halogens is 3. The molecule has 26 heavy (non-hydrogen) atoms. The largest absolute Gasteiger partial charge is 0.482 e. The van der Waals surface area contributed by atoms with Crippen LogP contribution in [0.3, 0.4) is 0 Å². The lowest BCUT2D eigenvalue weighted by Crippen LogP contribution is -2.43. The normalized spacial score (nSPS) is 13.2. The summed E-state index contributed by atoms with van der Waals surface area (Å²) in [6.45, 7) is -3.35. The Morgan fingerprint density at radius 2 is 2.00 bits per heavy atom. The number of nitrogens with zero attached hydrogens (tertiary/aromatic N) is 1. The Morgan fingerprint density at radius 1 is 1.27 bits per heavy atom. The summed E-state index contributed by atoms with van der Waals surface area (Å²) in [6.07, 6.45) is 0. The van der Waals surface area contributed by atoms with Crippen molar-refractivity contribution in [2.75, 3.05) is 23.4 Å². The van der Waals surface area contributed by atoms with Crippen LogP contribution < -0.4 is 19.7 Å². The Labute approximate surface area is 152 Å². The number of benzene rings is 2. The van der Waals surface area contributed by atoms with Crippen molar-refractivity contribution in [1.82, 2.24) is 0 Å². The fourth-order valence-corrected chi connectivity index (χ4v) is 2.58. The van der Waals surface area contributed by atoms with Crippen LogP contribution in [-0.2, 0) is 9.59 Å². The van der Waals surface area contributed by atoms with Crippen molar-refractivity contribution in [1.29, 1.82) is 0 Å². The summed E-state index contributed by atoms with van der Waals surface area (Å²) in [5, 5.41) is 2.99. The molecule has 0 aliphatic carbocycles. The highest BCUT2D eigenvalue weighted by Crippen LogP contribution is 2.34. The SMILES string of the molecule is O=C(CN1C(=O)COc2ccc(Cl)cc21)Nc1ccc(OC(F)F)cc1. The molecule has 0 atom stereocenters. The first-order valence-corrected chi connectivity index (χ1v) is 7.87. The van der Waals surface area contributed by atoms with Gasteiger partial charge in [-0.25, -0.2) is 0 Å². The van der Waals surface area contributed by atoms with Crippen LogP contribution in [0.2, 0.25) is 5.02 Å². The second-order valence-corrected chi connectivity index (χ2v) is 5.77. The van der Waals surface area contributed by atoms with E-state index in [1.165, 1.54) is 35.2 Å². The Balaban J connectivity index is 1.68. The molecule has 0 fully saturated rings. The fourth-order valence-electron chi connectivity index (χ4n) is 2.41. The van der Waals surface area contributed by atoms with Crippen LogP contribution in [0.25, 0.3) is 0 Å². The first kappa shape index (κ1) is 17.9. The maximum atomic E-state index is 12.3.